The Hall–Kier alpha value is -1.31. The van der Waals surface area contributed by atoms with Crippen molar-refractivity contribution in [1.82, 2.24) is 0 Å². The largest absolute Gasteiger partial charge is 0.411 e. The van der Waals surface area contributed by atoms with Crippen molar-refractivity contribution < 1.29 is 5.21 Å². The Kier molecular flexibility index (Phi) is 5.00. The Bertz CT molecular complexity index is 431. The number of hydrogen-bond acceptors (Lipinski definition) is 2. The predicted octanol–water partition coefficient (Wildman–Crippen LogP) is 4.64. The molecule has 19 heavy (non-hydrogen) atoms. The van der Waals surface area contributed by atoms with Crippen LogP contribution in [0.5, 0.6) is 0 Å². The second kappa shape index (κ2) is 6.74. The Morgan fingerprint density at radius 3 is 2.68 bits per heavy atom. The lowest BCUT2D eigenvalue weighted by Crippen LogP contribution is -2.13. The van der Waals surface area contributed by atoms with Crippen molar-refractivity contribution in [3.05, 3.63) is 35.4 Å². The molecule has 2 heteroatoms. The molecule has 0 unspecified atom stereocenters. The molecule has 0 spiro atoms. The van der Waals surface area contributed by atoms with Crippen LogP contribution in [0.2, 0.25) is 0 Å². The molecule has 1 aromatic rings. The van der Waals surface area contributed by atoms with Crippen LogP contribution in [0.25, 0.3) is 0 Å². The molecule has 0 radical (unpaired) electrons. The fourth-order valence-corrected chi connectivity index (χ4v) is 3.00. The van der Waals surface area contributed by atoms with E-state index in [1.807, 2.05) is 13.0 Å². The minimum absolute atomic E-state index is 0.688. The number of nitrogens with zero attached hydrogens (tertiary/aromatic N) is 1. The van der Waals surface area contributed by atoms with Crippen LogP contribution in [0.3, 0.4) is 0 Å². The quantitative estimate of drug-likeness (QED) is 0.477. The van der Waals surface area contributed by atoms with E-state index in [1.54, 1.807) is 0 Å². The van der Waals surface area contributed by atoms with E-state index >= 15 is 0 Å². The molecule has 1 N–H and O–H groups in total. The summed E-state index contributed by atoms with van der Waals surface area (Å²) in [6, 6.07) is 8.39. The first-order valence-electron chi connectivity index (χ1n) is 7.47. The summed E-state index contributed by atoms with van der Waals surface area (Å²) in [5.41, 5.74) is 3.07. The van der Waals surface area contributed by atoms with Gasteiger partial charge in [0.15, 0.2) is 0 Å². The summed E-state index contributed by atoms with van der Waals surface area (Å²) < 4.78 is 0. The first-order valence-corrected chi connectivity index (χ1v) is 7.47. The lowest BCUT2D eigenvalue weighted by atomic mass is 9.80. The molecule has 0 aliphatic heterocycles. The maximum Gasteiger partial charge on any atom is 0.0837 e. The standard InChI is InChI=1S/C17H25NO/c1-13-6-8-15(9-7-13)10-11-16-4-3-5-17(12-16)14(2)18-19/h3-5,12-13,15,19H,6-11H2,1-2H3/b18-14+. The van der Waals surface area contributed by atoms with E-state index in [-0.39, 0.29) is 0 Å². The molecule has 1 saturated carbocycles. The molecule has 1 aliphatic rings. The van der Waals surface area contributed by atoms with Crippen molar-refractivity contribution in [2.24, 2.45) is 17.0 Å². The summed E-state index contributed by atoms with van der Waals surface area (Å²) in [4.78, 5) is 0. The third-order valence-electron chi connectivity index (χ3n) is 4.47. The third kappa shape index (κ3) is 4.09. The van der Waals surface area contributed by atoms with Gasteiger partial charge in [0.25, 0.3) is 0 Å². The van der Waals surface area contributed by atoms with Gasteiger partial charge in [-0.25, -0.2) is 0 Å². The number of hydrogen-bond donors (Lipinski definition) is 1. The highest BCUT2D eigenvalue weighted by Crippen LogP contribution is 2.31. The molecule has 0 amide bonds. The number of aryl methyl sites for hydroxylation is 1. The van der Waals surface area contributed by atoms with Crippen LogP contribution in [0.1, 0.15) is 57.1 Å². The molecule has 2 rings (SSSR count). The van der Waals surface area contributed by atoms with Gasteiger partial charge in [0.1, 0.15) is 0 Å². The van der Waals surface area contributed by atoms with Crippen LogP contribution >= 0.6 is 0 Å². The van der Waals surface area contributed by atoms with Gasteiger partial charge in [0, 0.05) is 0 Å². The van der Waals surface area contributed by atoms with E-state index in [0.717, 1.165) is 23.8 Å². The van der Waals surface area contributed by atoms with Crippen LogP contribution in [0.15, 0.2) is 29.4 Å². The van der Waals surface area contributed by atoms with E-state index in [0.29, 0.717) is 5.71 Å². The van der Waals surface area contributed by atoms with Gasteiger partial charge in [-0.05, 0) is 48.8 Å². The molecule has 2 nitrogen and oxygen atoms in total. The average Bonchev–Trinajstić information content (AvgIpc) is 2.46. The Morgan fingerprint density at radius 2 is 2.00 bits per heavy atom. The zero-order valence-corrected chi connectivity index (χ0v) is 12.1. The Labute approximate surface area is 116 Å². The Balaban J connectivity index is 1.89. The lowest BCUT2D eigenvalue weighted by molar-refractivity contribution is 0.278. The summed E-state index contributed by atoms with van der Waals surface area (Å²) in [6.07, 6.45) is 8.05. The van der Waals surface area contributed by atoms with Gasteiger partial charge in [-0.3, -0.25) is 0 Å². The van der Waals surface area contributed by atoms with Gasteiger partial charge in [0.05, 0.1) is 5.71 Å². The SMILES string of the molecule is C/C(=N\O)c1cccc(CCC2CCC(C)CC2)c1. The summed E-state index contributed by atoms with van der Waals surface area (Å²) in [7, 11) is 0. The van der Waals surface area contributed by atoms with Crippen molar-refractivity contribution in [2.75, 3.05) is 0 Å². The van der Waals surface area contributed by atoms with Gasteiger partial charge in [-0.15, -0.1) is 0 Å². The predicted molar refractivity (Wildman–Crippen MR) is 79.9 cm³/mol. The fourth-order valence-electron chi connectivity index (χ4n) is 3.00. The van der Waals surface area contributed by atoms with Crippen molar-refractivity contribution in [3.8, 4) is 0 Å². The van der Waals surface area contributed by atoms with Gasteiger partial charge in [-0.2, -0.15) is 0 Å². The summed E-state index contributed by atoms with van der Waals surface area (Å²) >= 11 is 0. The van der Waals surface area contributed by atoms with Crippen LogP contribution in [0, 0.1) is 11.8 Å². The lowest BCUT2D eigenvalue weighted by Gasteiger charge is -2.26. The first kappa shape index (κ1) is 14.1. The van der Waals surface area contributed by atoms with Crippen LogP contribution in [0.4, 0.5) is 0 Å². The van der Waals surface area contributed by atoms with Crippen LogP contribution in [-0.2, 0) is 6.42 Å². The molecular formula is C17H25NO. The molecule has 0 saturated heterocycles. The maximum absolute atomic E-state index is 8.83. The molecular weight excluding hydrogens is 234 g/mol. The summed E-state index contributed by atoms with van der Waals surface area (Å²) in [5, 5.41) is 12.1. The molecule has 0 heterocycles. The smallest absolute Gasteiger partial charge is 0.0837 e. The van der Waals surface area contributed by atoms with E-state index in [4.69, 9.17) is 5.21 Å². The van der Waals surface area contributed by atoms with Gasteiger partial charge in [0.2, 0.25) is 0 Å². The van der Waals surface area contributed by atoms with E-state index in [9.17, 15) is 0 Å². The fraction of sp³-hybridized carbons (Fsp3) is 0.588. The normalized spacial score (nSPS) is 24.4. The summed E-state index contributed by atoms with van der Waals surface area (Å²) in [6.45, 7) is 4.21. The van der Waals surface area contributed by atoms with E-state index in [1.165, 1.54) is 37.7 Å². The maximum atomic E-state index is 8.83. The molecule has 104 valence electrons. The highest BCUT2D eigenvalue weighted by Gasteiger charge is 2.17. The topological polar surface area (TPSA) is 32.6 Å². The minimum atomic E-state index is 0.688. The average molecular weight is 259 g/mol. The van der Waals surface area contributed by atoms with Gasteiger partial charge < -0.3 is 5.21 Å². The second-order valence-corrected chi connectivity index (χ2v) is 6.05. The molecule has 0 aromatic heterocycles. The highest BCUT2D eigenvalue weighted by molar-refractivity contribution is 5.98. The van der Waals surface area contributed by atoms with Crippen molar-refractivity contribution in [1.29, 1.82) is 0 Å². The number of rotatable bonds is 4. The third-order valence-corrected chi connectivity index (χ3v) is 4.47. The van der Waals surface area contributed by atoms with Gasteiger partial charge >= 0.3 is 0 Å². The van der Waals surface area contributed by atoms with Gasteiger partial charge in [-0.1, -0.05) is 56.0 Å². The number of benzene rings is 1. The van der Waals surface area contributed by atoms with Crippen LogP contribution < -0.4 is 0 Å². The van der Waals surface area contributed by atoms with E-state index < -0.39 is 0 Å². The zero-order chi connectivity index (χ0) is 13.7. The van der Waals surface area contributed by atoms with Crippen LogP contribution in [-0.4, -0.2) is 10.9 Å². The molecule has 1 aromatic carbocycles. The summed E-state index contributed by atoms with van der Waals surface area (Å²) in [5.74, 6) is 1.84. The van der Waals surface area contributed by atoms with Crippen molar-refractivity contribution in [2.45, 2.75) is 52.4 Å². The first-order chi connectivity index (χ1) is 9.19. The number of oxime groups is 1. The molecule has 0 bridgehead atoms. The molecule has 1 aliphatic carbocycles. The zero-order valence-electron chi connectivity index (χ0n) is 12.1. The van der Waals surface area contributed by atoms with E-state index in [2.05, 4.69) is 30.3 Å². The highest BCUT2D eigenvalue weighted by atomic mass is 16.4. The Morgan fingerprint density at radius 1 is 1.26 bits per heavy atom. The minimum Gasteiger partial charge on any atom is -0.411 e. The van der Waals surface area contributed by atoms with Crippen molar-refractivity contribution >= 4 is 5.71 Å². The monoisotopic (exact) mass is 259 g/mol. The van der Waals surface area contributed by atoms with Crippen molar-refractivity contribution in [3.63, 3.8) is 0 Å². The second-order valence-electron chi connectivity index (χ2n) is 6.05. The molecule has 0 atom stereocenters. The molecule has 1 fully saturated rings.